The van der Waals surface area contributed by atoms with Crippen molar-refractivity contribution in [3.8, 4) is 0 Å². The van der Waals surface area contributed by atoms with Crippen LogP contribution in [0.3, 0.4) is 0 Å². The zero-order chi connectivity index (χ0) is 50.8. The first-order chi connectivity index (χ1) is 34.3. The van der Waals surface area contributed by atoms with Crippen molar-refractivity contribution in [1.82, 2.24) is 5.32 Å². The number of nitrogens with one attached hydrogen (secondary N) is 1. The van der Waals surface area contributed by atoms with Crippen LogP contribution in [-0.2, 0) is 14.3 Å². The molecule has 0 aromatic carbocycles. The van der Waals surface area contributed by atoms with Gasteiger partial charge in [-0.2, -0.15) is 0 Å². The molecule has 1 fully saturated rings. The molecule has 7 unspecified atom stereocenters. The standard InChI is InChI=1S/C61H107NO8/c1-3-5-7-9-11-13-15-17-19-20-21-22-23-24-25-26-27-28-29-30-31-32-33-34-35-37-38-40-42-44-46-48-50-55(64)54(53-69-61-60(68)59(67)58(66)56(52-63)70-61)62-57(65)51-49-47-45-43-41-39-36-18-16-14-12-10-8-6-4-2/h6,8,12,14,18,34-36,40-43,48,50,54-56,58-61,63-64,66-68H,3-5,7,9-11,13,15-17,19-33,37-39,44-47,49,51-53H2,1-2H3,(H,62,65)/b8-6-,14-12-,35-34+,36-18-,42-40+,43-41-,50-48+. The van der Waals surface area contributed by atoms with Gasteiger partial charge in [0.1, 0.15) is 24.4 Å². The summed E-state index contributed by atoms with van der Waals surface area (Å²) in [4.78, 5) is 13.0. The number of amides is 1. The smallest absolute Gasteiger partial charge is 0.220 e. The summed E-state index contributed by atoms with van der Waals surface area (Å²) >= 11 is 0. The Labute approximate surface area is 429 Å². The summed E-state index contributed by atoms with van der Waals surface area (Å²) in [6.07, 6.45) is 63.9. The van der Waals surface area contributed by atoms with Gasteiger partial charge in [-0.15, -0.1) is 0 Å². The molecule has 1 aliphatic heterocycles. The highest BCUT2D eigenvalue weighted by Gasteiger charge is 2.44. The molecule has 0 aliphatic carbocycles. The highest BCUT2D eigenvalue weighted by atomic mass is 16.7. The number of unbranched alkanes of at least 4 members (excludes halogenated alkanes) is 26. The molecule has 1 aliphatic rings. The molecule has 6 N–H and O–H groups in total. The maximum Gasteiger partial charge on any atom is 0.220 e. The number of hydrogen-bond acceptors (Lipinski definition) is 8. The van der Waals surface area contributed by atoms with E-state index in [0.29, 0.717) is 12.8 Å². The fourth-order valence-electron chi connectivity index (χ4n) is 8.65. The van der Waals surface area contributed by atoms with Crippen molar-refractivity contribution < 1.29 is 39.8 Å². The van der Waals surface area contributed by atoms with E-state index in [2.05, 4.69) is 92.1 Å². The Morgan fingerprint density at radius 2 is 0.900 bits per heavy atom. The van der Waals surface area contributed by atoms with E-state index < -0.39 is 49.5 Å². The Bertz CT molecular complexity index is 1370. The number of allylic oxidation sites excluding steroid dienone is 13. The van der Waals surface area contributed by atoms with Crippen LogP contribution < -0.4 is 5.32 Å². The van der Waals surface area contributed by atoms with E-state index >= 15 is 0 Å². The highest BCUT2D eigenvalue weighted by molar-refractivity contribution is 5.76. The lowest BCUT2D eigenvalue weighted by Gasteiger charge is -2.40. The molecule has 0 aromatic rings. The van der Waals surface area contributed by atoms with Gasteiger partial charge in [-0.3, -0.25) is 4.79 Å². The normalized spacial score (nSPS) is 20.0. The molecule has 9 heteroatoms. The lowest BCUT2D eigenvalue weighted by atomic mass is 9.99. The first-order valence-corrected chi connectivity index (χ1v) is 28.8. The number of carbonyl (C=O) groups excluding carboxylic acids is 1. The van der Waals surface area contributed by atoms with Gasteiger partial charge in [-0.1, -0.05) is 234 Å². The molecule has 0 radical (unpaired) electrons. The fraction of sp³-hybridized carbons (Fsp3) is 0.754. The maximum atomic E-state index is 13.0. The fourth-order valence-corrected chi connectivity index (χ4v) is 8.65. The molecule has 0 saturated carbocycles. The SMILES string of the molecule is CC/C=C\C/C=C\C/C=C\C/C=C\CCCCC(=O)NC(COC1OC(CO)C(O)C(O)C1O)C(O)/C=C/CC/C=C/CC/C=C/CCCCCCCCCCCCCCCCCCCCCCCC. The van der Waals surface area contributed by atoms with Crippen LogP contribution in [0.4, 0.5) is 0 Å². The van der Waals surface area contributed by atoms with E-state index in [1.807, 2.05) is 6.08 Å². The van der Waals surface area contributed by atoms with Crippen LogP contribution in [0, 0.1) is 0 Å². The molecule has 0 spiro atoms. The number of aliphatic hydroxyl groups excluding tert-OH is 5. The number of carbonyl (C=O) groups is 1. The van der Waals surface area contributed by atoms with Crippen LogP contribution in [-0.4, -0.2) is 87.5 Å². The van der Waals surface area contributed by atoms with Gasteiger partial charge in [0.2, 0.25) is 5.91 Å². The summed E-state index contributed by atoms with van der Waals surface area (Å²) in [7, 11) is 0. The second-order valence-electron chi connectivity index (χ2n) is 19.7. The van der Waals surface area contributed by atoms with Crippen molar-refractivity contribution in [2.75, 3.05) is 13.2 Å². The van der Waals surface area contributed by atoms with Crippen LogP contribution in [0.25, 0.3) is 0 Å². The molecular weight excluding hydrogens is 875 g/mol. The third kappa shape index (κ3) is 39.0. The number of ether oxygens (including phenoxy) is 2. The third-order valence-electron chi connectivity index (χ3n) is 13.2. The summed E-state index contributed by atoms with van der Waals surface area (Å²) < 4.78 is 11.2. The quantitative estimate of drug-likeness (QED) is 0.0261. The predicted octanol–water partition coefficient (Wildman–Crippen LogP) is 14.2. The van der Waals surface area contributed by atoms with Gasteiger partial charge < -0.3 is 40.3 Å². The van der Waals surface area contributed by atoms with Crippen LogP contribution in [0.5, 0.6) is 0 Å². The molecule has 0 bridgehead atoms. The molecule has 1 amide bonds. The third-order valence-corrected chi connectivity index (χ3v) is 13.2. The largest absolute Gasteiger partial charge is 0.394 e. The molecule has 1 heterocycles. The van der Waals surface area contributed by atoms with Gasteiger partial charge in [-0.25, -0.2) is 0 Å². The first kappa shape index (κ1) is 65.4. The molecule has 1 saturated heterocycles. The minimum absolute atomic E-state index is 0.227. The molecule has 404 valence electrons. The van der Waals surface area contributed by atoms with Crippen molar-refractivity contribution in [2.24, 2.45) is 0 Å². The van der Waals surface area contributed by atoms with E-state index in [9.17, 15) is 30.3 Å². The summed E-state index contributed by atoms with van der Waals surface area (Å²) in [6.45, 7) is 3.62. The van der Waals surface area contributed by atoms with Crippen molar-refractivity contribution in [2.45, 2.75) is 281 Å². The van der Waals surface area contributed by atoms with Gasteiger partial charge in [0.15, 0.2) is 6.29 Å². The Morgan fingerprint density at radius 3 is 1.37 bits per heavy atom. The van der Waals surface area contributed by atoms with Crippen LogP contribution in [0.2, 0.25) is 0 Å². The van der Waals surface area contributed by atoms with Crippen molar-refractivity contribution in [1.29, 1.82) is 0 Å². The van der Waals surface area contributed by atoms with Gasteiger partial charge in [0.25, 0.3) is 0 Å². The Hall–Kier alpha value is -2.63. The van der Waals surface area contributed by atoms with Gasteiger partial charge in [-0.05, 0) is 83.5 Å². The molecule has 70 heavy (non-hydrogen) atoms. The first-order valence-electron chi connectivity index (χ1n) is 28.8. The van der Waals surface area contributed by atoms with Crippen molar-refractivity contribution in [3.63, 3.8) is 0 Å². The summed E-state index contributed by atoms with van der Waals surface area (Å²) in [6, 6.07) is -0.855. The molecule has 1 rings (SSSR count). The Morgan fingerprint density at radius 1 is 0.500 bits per heavy atom. The van der Waals surface area contributed by atoms with Crippen LogP contribution in [0.15, 0.2) is 85.1 Å². The van der Waals surface area contributed by atoms with E-state index in [-0.39, 0.29) is 18.9 Å². The van der Waals surface area contributed by atoms with Gasteiger partial charge in [0.05, 0.1) is 25.4 Å². The number of aliphatic hydroxyl groups is 5. The Kier molecular flexibility index (Phi) is 46.6. The molecular formula is C61H107NO8. The average Bonchev–Trinajstić information content (AvgIpc) is 3.36. The van der Waals surface area contributed by atoms with Crippen molar-refractivity contribution >= 4 is 5.91 Å². The zero-order valence-electron chi connectivity index (χ0n) is 44.7. The minimum atomic E-state index is -1.59. The number of hydrogen-bond donors (Lipinski definition) is 6. The second kappa shape index (κ2) is 49.9. The maximum absolute atomic E-state index is 13.0. The highest BCUT2D eigenvalue weighted by Crippen LogP contribution is 2.23. The monoisotopic (exact) mass is 982 g/mol. The van der Waals surface area contributed by atoms with Crippen LogP contribution >= 0.6 is 0 Å². The molecule has 9 nitrogen and oxygen atoms in total. The topological polar surface area (TPSA) is 149 Å². The summed E-state index contributed by atoms with van der Waals surface area (Å²) in [5.41, 5.74) is 0. The van der Waals surface area contributed by atoms with Gasteiger partial charge >= 0.3 is 0 Å². The van der Waals surface area contributed by atoms with Crippen molar-refractivity contribution in [3.05, 3.63) is 85.1 Å². The van der Waals surface area contributed by atoms with E-state index in [4.69, 9.17) is 9.47 Å². The lowest BCUT2D eigenvalue weighted by Crippen LogP contribution is -2.60. The second-order valence-corrected chi connectivity index (χ2v) is 19.7. The summed E-state index contributed by atoms with van der Waals surface area (Å²) in [5, 5.41) is 54.3. The van der Waals surface area contributed by atoms with E-state index in [1.165, 1.54) is 141 Å². The van der Waals surface area contributed by atoms with Crippen LogP contribution in [0.1, 0.15) is 239 Å². The predicted molar refractivity (Wildman–Crippen MR) is 295 cm³/mol. The number of rotatable bonds is 48. The average molecular weight is 983 g/mol. The zero-order valence-corrected chi connectivity index (χ0v) is 44.7. The molecule has 0 aromatic heterocycles. The molecule has 7 atom stereocenters. The minimum Gasteiger partial charge on any atom is -0.394 e. The Balaban J connectivity index is 2.23. The lowest BCUT2D eigenvalue weighted by molar-refractivity contribution is -0.302. The van der Waals surface area contributed by atoms with E-state index in [0.717, 1.165) is 64.2 Å². The van der Waals surface area contributed by atoms with E-state index in [1.54, 1.807) is 6.08 Å². The summed E-state index contributed by atoms with van der Waals surface area (Å²) in [5.74, 6) is -0.233. The van der Waals surface area contributed by atoms with Gasteiger partial charge in [0, 0.05) is 6.42 Å².